The van der Waals surface area contributed by atoms with E-state index in [-0.39, 0.29) is 17.8 Å². The first kappa shape index (κ1) is 16.5. The van der Waals surface area contributed by atoms with Gasteiger partial charge in [0.25, 0.3) is 5.91 Å². The number of carbonyl (C=O) groups is 1. The predicted molar refractivity (Wildman–Crippen MR) is 90.4 cm³/mol. The molecule has 1 amide bonds. The maximum atomic E-state index is 13.9. The summed E-state index contributed by atoms with van der Waals surface area (Å²) in [5.41, 5.74) is 7.27. The second-order valence-electron chi connectivity index (χ2n) is 6.52. The lowest BCUT2D eigenvalue weighted by Gasteiger charge is -2.49. The Morgan fingerprint density at radius 2 is 1.96 bits per heavy atom. The molecule has 0 bridgehead atoms. The van der Waals surface area contributed by atoms with Gasteiger partial charge in [-0.3, -0.25) is 4.79 Å². The third-order valence-corrected chi connectivity index (χ3v) is 4.44. The molecule has 0 saturated carbocycles. The van der Waals surface area contributed by atoms with E-state index in [1.54, 1.807) is 6.07 Å². The normalized spacial score (nSPS) is 16.4. The van der Waals surface area contributed by atoms with Crippen LogP contribution in [0, 0.1) is 5.82 Å². The topological polar surface area (TPSA) is 55.6 Å². The van der Waals surface area contributed by atoms with Crippen LogP contribution in [0.2, 0.25) is 0 Å². The van der Waals surface area contributed by atoms with Gasteiger partial charge in [-0.25, -0.2) is 4.39 Å². The van der Waals surface area contributed by atoms with Crippen molar-refractivity contribution in [1.29, 1.82) is 0 Å². The van der Waals surface area contributed by atoms with E-state index in [1.165, 1.54) is 11.6 Å². The monoisotopic (exact) mass is 328 g/mol. The Morgan fingerprint density at radius 3 is 2.58 bits per heavy atom. The van der Waals surface area contributed by atoms with E-state index < -0.39 is 11.7 Å². The zero-order valence-corrected chi connectivity index (χ0v) is 13.7. The molecule has 0 unspecified atom stereocenters. The van der Waals surface area contributed by atoms with E-state index in [0.717, 1.165) is 25.1 Å². The number of halogens is 1. The van der Waals surface area contributed by atoms with Crippen molar-refractivity contribution in [2.75, 3.05) is 26.7 Å². The number of nitrogens with zero attached hydrogens (tertiary/aromatic N) is 1. The number of amides is 1. The Hall–Kier alpha value is -2.40. The van der Waals surface area contributed by atoms with E-state index in [2.05, 4.69) is 24.1 Å². The predicted octanol–water partition coefficient (Wildman–Crippen LogP) is 2.12. The van der Waals surface area contributed by atoms with Crippen LogP contribution in [0.15, 0.2) is 48.5 Å². The highest BCUT2D eigenvalue weighted by molar-refractivity contribution is 5.75. The number of hydrogen-bond acceptors (Lipinski definition) is 3. The summed E-state index contributed by atoms with van der Waals surface area (Å²) in [4.78, 5) is 13.1. The molecule has 2 aromatic rings. The van der Waals surface area contributed by atoms with E-state index in [9.17, 15) is 9.18 Å². The number of likely N-dealkylation sites (tertiary alicyclic amines) is 1. The average molecular weight is 328 g/mol. The molecule has 0 aliphatic carbocycles. The standard InChI is InChI=1S/C19H21FN2O2/c1-22-12-19(13-22,10-14-5-3-2-4-6-14)15-7-8-16(20)17(9-15)24-11-18(21)23/h2-9H,10-13H2,1H3,(H2,21,23). The van der Waals surface area contributed by atoms with Crippen molar-refractivity contribution in [2.24, 2.45) is 5.73 Å². The molecular weight excluding hydrogens is 307 g/mol. The molecule has 1 saturated heterocycles. The summed E-state index contributed by atoms with van der Waals surface area (Å²) in [6.07, 6.45) is 0.874. The van der Waals surface area contributed by atoms with Gasteiger partial charge in [-0.1, -0.05) is 36.4 Å². The van der Waals surface area contributed by atoms with Crippen molar-refractivity contribution in [3.05, 3.63) is 65.5 Å². The minimum atomic E-state index is -0.623. The number of benzene rings is 2. The fraction of sp³-hybridized carbons (Fsp3) is 0.316. The average Bonchev–Trinajstić information content (AvgIpc) is 2.53. The number of carbonyl (C=O) groups excluding carboxylic acids is 1. The zero-order chi connectivity index (χ0) is 17.2. The summed E-state index contributed by atoms with van der Waals surface area (Å²) in [6.45, 7) is 1.46. The third kappa shape index (κ3) is 3.41. The Morgan fingerprint density at radius 1 is 1.25 bits per heavy atom. The lowest BCUT2D eigenvalue weighted by molar-refractivity contribution is -0.120. The van der Waals surface area contributed by atoms with Gasteiger partial charge >= 0.3 is 0 Å². The fourth-order valence-electron chi connectivity index (χ4n) is 3.46. The van der Waals surface area contributed by atoms with E-state index in [1.807, 2.05) is 24.3 Å². The number of ether oxygens (including phenoxy) is 1. The molecule has 1 aliphatic rings. The van der Waals surface area contributed by atoms with Crippen LogP contribution in [0.3, 0.4) is 0 Å². The molecule has 24 heavy (non-hydrogen) atoms. The molecule has 3 rings (SSSR count). The van der Waals surface area contributed by atoms with Crippen molar-refractivity contribution in [2.45, 2.75) is 11.8 Å². The molecule has 0 spiro atoms. The second kappa shape index (κ2) is 6.61. The highest BCUT2D eigenvalue weighted by atomic mass is 19.1. The van der Waals surface area contributed by atoms with Crippen molar-refractivity contribution in [3.63, 3.8) is 0 Å². The molecule has 5 heteroatoms. The Bertz CT molecular complexity index is 727. The maximum absolute atomic E-state index is 13.9. The minimum Gasteiger partial charge on any atom is -0.481 e. The van der Waals surface area contributed by atoms with E-state index in [0.29, 0.717) is 0 Å². The fourth-order valence-corrected chi connectivity index (χ4v) is 3.46. The molecule has 1 aliphatic heterocycles. The summed E-state index contributed by atoms with van der Waals surface area (Å²) in [5, 5.41) is 0. The SMILES string of the molecule is CN1CC(Cc2ccccc2)(c2ccc(F)c(OCC(N)=O)c2)C1. The first-order chi connectivity index (χ1) is 11.5. The number of rotatable bonds is 6. The number of nitrogens with two attached hydrogens (primary N) is 1. The number of primary amides is 1. The minimum absolute atomic E-state index is 0.0748. The van der Waals surface area contributed by atoms with Gasteiger partial charge in [-0.15, -0.1) is 0 Å². The second-order valence-corrected chi connectivity index (χ2v) is 6.52. The highest BCUT2D eigenvalue weighted by Crippen LogP contribution is 2.38. The van der Waals surface area contributed by atoms with E-state index in [4.69, 9.17) is 10.5 Å². The third-order valence-electron chi connectivity index (χ3n) is 4.44. The lowest BCUT2D eigenvalue weighted by Crippen LogP contribution is -2.58. The zero-order valence-electron chi connectivity index (χ0n) is 13.7. The summed E-state index contributed by atoms with van der Waals surface area (Å²) >= 11 is 0. The van der Waals surface area contributed by atoms with Crippen LogP contribution in [-0.4, -0.2) is 37.6 Å². The van der Waals surface area contributed by atoms with Crippen LogP contribution in [0.5, 0.6) is 5.75 Å². The summed E-state index contributed by atoms with van der Waals surface area (Å²) < 4.78 is 19.2. The van der Waals surface area contributed by atoms with Gasteiger partial charge in [0.05, 0.1) is 0 Å². The van der Waals surface area contributed by atoms with E-state index >= 15 is 0 Å². The smallest absolute Gasteiger partial charge is 0.255 e. The Kier molecular flexibility index (Phi) is 4.53. The molecular formula is C19H21FN2O2. The molecule has 2 aromatic carbocycles. The van der Waals surface area contributed by atoms with Gasteiger partial charge in [0.2, 0.25) is 0 Å². The molecule has 0 radical (unpaired) electrons. The van der Waals surface area contributed by atoms with Crippen molar-refractivity contribution >= 4 is 5.91 Å². The van der Waals surface area contributed by atoms with Crippen LogP contribution in [0.1, 0.15) is 11.1 Å². The van der Waals surface area contributed by atoms with Crippen molar-refractivity contribution in [1.82, 2.24) is 4.90 Å². The number of likely N-dealkylation sites (N-methyl/N-ethyl adjacent to an activating group) is 1. The van der Waals surface area contributed by atoms with Gasteiger partial charge in [0.1, 0.15) is 0 Å². The van der Waals surface area contributed by atoms with Gasteiger partial charge in [-0.2, -0.15) is 0 Å². The first-order valence-corrected chi connectivity index (χ1v) is 7.92. The molecule has 4 nitrogen and oxygen atoms in total. The maximum Gasteiger partial charge on any atom is 0.255 e. The molecule has 0 atom stereocenters. The molecule has 1 heterocycles. The van der Waals surface area contributed by atoms with Gasteiger partial charge in [0, 0.05) is 18.5 Å². The first-order valence-electron chi connectivity index (χ1n) is 7.92. The van der Waals surface area contributed by atoms with Crippen LogP contribution in [0.4, 0.5) is 4.39 Å². The van der Waals surface area contributed by atoms with Crippen LogP contribution in [-0.2, 0) is 16.6 Å². The largest absolute Gasteiger partial charge is 0.481 e. The molecule has 126 valence electrons. The summed E-state index contributed by atoms with van der Waals surface area (Å²) in [7, 11) is 2.07. The quantitative estimate of drug-likeness (QED) is 0.884. The molecule has 0 aromatic heterocycles. The lowest BCUT2D eigenvalue weighted by atomic mass is 9.70. The van der Waals surface area contributed by atoms with Crippen LogP contribution < -0.4 is 10.5 Å². The molecule has 2 N–H and O–H groups in total. The van der Waals surface area contributed by atoms with Gasteiger partial charge in [0.15, 0.2) is 18.2 Å². The Labute approximate surface area is 141 Å². The van der Waals surface area contributed by atoms with Gasteiger partial charge in [-0.05, 0) is 36.7 Å². The summed E-state index contributed by atoms with van der Waals surface area (Å²) in [6, 6.07) is 15.2. The Balaban J connectivity index is 1.88. The van der Waals surface area contributed by atoms with Crippen molar-refractivity contribution < 1.29 is 13.9 Å². The van der Waals surface area contributed by atoms with Crippen LogP contribution in [0.25, 0.3) is 0 Å². The van der Waals surface area contributed by atoms with Crippen LogP contribution >= 0.6 is 0 Å². The number of hydrogen-bond donors (Lipinski definition) is 1. The van der Waals surface area contributed by atoms with Crippen molar-refractivity contribution in [3.8, 4) is 5.75 Å². The van der Waals surface area contributed by atoms with Gasteiger partial charge < -0.3 is 15.4 Å². The summed E-state index contributed by atoms with van der Waals surface area (Å²) in [5.74, 6) is -1.03. The highest BCUT2D eigenvalue weighted by Gasteiger charge is 2.42. The molecule has 1 fully saturated rings.